The molecule has 1 aliphatic rings. The van der Waals surface area contributed by atoms with Crippen molar-refractivity contribution in [3.63, 3.8) is 0 Å². The maximum absolute atomic E-state index is 13.2. The number of carbonyl (C=O) groups excluding carboxylic acids is 1. The van der Waals surface area contributed by atoms with Crippen molar-refractivity contribution in [3.05, 3.63) is 66.0 Å². The summed E-state index contributed by atoms with van der Waals surface area (Å²) in [5.74, 6) is -0.388. The lowest BCUT2D eigenvalue weighted by Gasteiger charge is -2.34. The highest BCUT2D eigenvalue weighted by Crippen LogP contribution is 2.23. The van der Waals surface area contributed by atoms with Crippen LogP contribution < -0.4 is 10.6 Å². The number of nitrogens with one attached hydrogen (secondary N) is 2. The molecule has 1 amide bonds. The van der Waals surface area contributed by atoms with Crippen LogP contribution in [0.3, 0.4) is 0 Å². The minimum Gasteiger partial charge on any atom is -0.324 e. The van der Waals surface area contributed by atoms with Crippen LogP contribution in [0.5, 0.6) is 0 Å². The van der Waals surface area contributed by atoms with E-state index in [0.717, 1.165) is 37.4 Å². The Morgan fingerprint density at radius 3 is 2.35 bits per heavy atom. The number of amides is 1. The maximum Gasteiger partial charge on any atom is 0.246 e. The predicted octanol–water partition coefficient (Wildman–Crippen LogP) is 2.41. The molecule has 1 heterocycles. The van der Waals surface area contributed by atoms with E-state index in [2.05, 4.69) is 15.5 Å². The standard InChI is InChI=1S/C18H20FN3O/c19-15-8-6-14(7-9-15)17(22-12-10-20-11-13-22)18(23)21-16-4-2-1-3-5-16/h1-9,17,20H,10-13H2,(H,21,23). The Balaban J connectivity index is 1.84. The molecule has 1 fully saturated rings. The Hall–Kier alpha value is -2.24. The minimum atomic E-state index is -0.419. The highest BCUT2D eigenvalue weighted by Gasteiger charge is 2.28. The first kappa shape index (κ1) is 15.6. The van der Waals surface area contributed by atoms with Gasteiger partial charge in [0.2, 0.25) is 5.91 Å². The highest BCUT2D eigenvalue weighted by molar-refractivity contribution is 5.95. The Bertz CT molecular complexity index is 639. The first-order valence-corrected chi connectivity index (χ1v) is 7.80. The molecule has 1 saturated heterocycles. The fourth-order valence-electron chi connectivity index (χ4n) is 2.85. The largest absolute Gasteiger partial charge is 0.324 e. The van der Waals surface area contributed by atoms with Gasteiger partial charge in [0.25, 0.3) is 0 Å². The van der Waals surface area contributed by atoms with Crippen LogP contribution in [0.4, 0.5) is 10.1 Å². The highest BCUT2D eigenvalue weighted by atomic mass is 19.1. The summed E-state index contributed by atoms with van der Waals surface area (Å²) in [5.41, 5.74) is 1.57. The van der Waals surface area contributed by atoms with Gasteiger partial charge in [-0.05, 0) is 29.8 Å². The van der Waals surface area contributed by atoms with Crippen LogP contribution in [-0.4, -0.2) is 37.0 Å². The van der Waals surface area contributed by atoms with Crippen molar-refractivity contribution in [2.45, 2.75) is 6.04 Å². The van der Waals surface area contributed by atoms with Gasteiger partial charge in [0.15, 0.2) is 0 Å². The summed E-state index contributed by atoms with van der Waals surface area (Å²) in [6, 6.07) is 15.1. The van der Waals surface area contributed by atoms with Crippen LogP contribution in [-0.2, 0) is 4.79 Å². The molecule has 1 unspecified atom stereocenters. The van der Waals surface area contributed by atoms with Crippen molar-refractivity contribution in [2.24, 2.45) is 0 Å². The van der Waals surface area contributed by atoms with E-state index in [1.54, 1.807) is 12.1 Å². The lowest BCUT2D eigenvalue weighted by atomic mass is 10.0. The van der Waals surface area contributed by atoms with Crippen molar-refractivity contribution in [2.75, 3.05) is 31.5 Å². The molecule has 0 saturated carbocycles. The Morgan fingerprint density at radius 2 is 1.70 bits per heavy atom. The molecular weight excluding hydrogens is 293 g/mol. The number of nitrogens with zero attached hydrogens (tertiary/aromatic N) is 1. The fourth-order valence-corrected chi connectivity index (χ4v) is 2.85. The predicted molar refractivity (Wildman–Crippen MR) is 88.7 cm³/mol. The third kappa shape index (κ3) is 3.94. The van der Waals surface area contributed by atoms with Crippen molar-refractivity contribution < 1.29 is 9.18 Å². The number of para-hydroxylation sites is 1. The monoisotopic (exact) mass is 313 g/mol. The number of hydrogen-bond acceptors (Lipinski definition) is 3. The van der Waals surface area contributed by atoms with Gasteiger partial charge in [-0.15, -0.1) is 0 Å². The summed E-state index contributed by atoms with van der Waals surface area (Å²) in [5, 5.41) is 6.24. The van der Waals surface area contributed by atoms with E-state index < -0.39 is 6.04 Å². The van der Waals surface area contributed by atoms with Gasteiger partial charge in [0, 0.05) is 31.9 Å². The Labute approximate surface area is 135 Å². The summed E-state index contributed by atoms with van der Waals surface area (Å²) in [6.45, 7) is 3.25. The molecule has 0 aliphatic carbocycles. The summed E-state index contributed by atoms with van der Waals surface area (Å²) in [4.78, 5) is 15.0. The lowest BCUT2D eigenvalue weighted by Crippen LogP contribution is -2.48. The molecule has 2 aromatic rings. The number of rotatable bonds is 4. The Morgan fingerprint density at radius 1 is 1.04 bits per heavy atom. The molecule has 23 heavy (non-hydrogen) atoms. The Kier molecular flexibility index (Phi) is 5.00. The van der Waals surface area contributed by atoms with Crippen molar-refractivity contribution in [3.8, 4) is 0 Å². The first-order chi connectivity index (χ1) is 11.2. The summed E-state index contributed by atoms with van der Waals surface area (Å²) in [7, 11) is 0. The van der Waals surface area contributed by atoms with Crippen LogP contribution in [0.2, 0.25) is 0 Å². The van der Waals surface area contributed by atoms with E-state index in [0.29, 0.717) is 0 Å². The number of benzene rings is 2. The zero-order valence-electron chi connectivity index (χ0n) is 12.8. The molecule has 3 rings (SSSR count). The third-order valence-corrected chi connectivity index (χ3v) is 3.99. The summed E-state index contributed by atoms with van der Waals surface area (Å²) < 4.78 is 13.2. The van der Waals surface area contributed by atoms with Gasteiger partial charge >= 0.3 is 0 Å². The van der Waals surface area contributed by atoms with Crippen molar-refractivity contribution in [1.82, 2.24) is 10.2 Å². The second kappa shape index (κ2) is 7.35. The summed E-state index contributed by atoms with van der Waals surface area (Å²) >= 11 is 0. The van der Waals surface area contributed by atoms with Gasteiger partial charge in [-0.2, -0.15) is 0 Å². The van der Waals surface area contributed by atoms with E-state index in [4.69, 9.17) is 0 Å². The molecule has 0 radical (unpaired) electrons. The van der Waals surface area contributed by atoms with E-state index in [1.165, 1.54) is 12.1 Å². The molecule has 0 spiro atoms. The third-order valence-electron chi connectivity index (χ3n) is 3.99. The molecule has 1 atom stereocenters. The quantitative estimate of drug-likeness (QED) is 0.911. The average molecular weight is 313 g/mol. The van der Waals surface area contributed by atoms with Crippen LogP contribution >= 0.6 is 0 Å². The van der Waals surface area contributed by atoms with Gasteiger partial charge in [-0.25, -0.2) is 4.39 Å². The van der Waals surface area contributed by atoms with Gasteiger partial charge in [0.1, 0.15) is 11.9 Å². The molecule has 0 bridgehead atoms. The molecular formula is C18H20FN3O. The van der Waals surface area contributed by atoms with Gasteiger partial charge in [-0.1, -0.05) is 30.3 Å². The molecule has 0 aromatic heterocycles. The zero-order valence-corrected chi connectivity index (χ0v) is 12.8. The van der Waals surface area contributed by atoms with Gasteiger partial charge in [0.05, 0.1) is 0 Å². The van der Waals surface area contributed by atoms with Crippen LogP contribution in [0.15, 0.2) is 54.6 Å². The van der Waals surface area contributed by atoms with Crippen molar-refractivity contribution >= 4 is 11.6 Å². The van der Waals surface area contributed by atoms with Crippen LogP contribution in [0.1, 0.15) is 11.6 Å². The fraction of sp³-hybridized carbons (Fsp3) is 0.278. The molecule has 1 aliphatic heterocycles. The average Bonchev–Trinajstić information content (AvgIpc) is 2.59. The molecule has 120 valence electrons. The number of carbonyl (C=O) groups is 1. The number of halogens is 1. The molecule has 5 heteroatoms. The number of piperazine rings is 1. The van der Waals surface area contributed by atoms with Gasteiger partial charge < -0.3 is 10.6 Å². The minimum absolute atomic E-state index is 0.0929. The zero-order chi connectivity index (χ0) is 16.1. The van der Waals surface area contributed by atoms with E-state index in [-0.39, 0.29) is 11.7 Å². The number of hydrogen-bond donors (Lipinski definition) is 2. The molecule has 2 aromatic carbocycles. The topological polar surface area (TPSA) is 44.4 Å². The molecule has 4 nitrogen and oxygen atoms in total. The van der Waals surface area contributed by atoms with E-state index in [9.17, 15) is 9.18 Å². The summed E-state index contributed by atoms with van der Waals surface area (Å²) in [6.07, 6.45) is 0. The number of anilines is 1. The maximum atomic E-state index is 13.2. The van der Waals surface area contributed by atoms with E-state index in [1.807, 2.05) is 30.3 Å². The smallest absolute Gasteiger partial charge is 0.246 e. The molecule has 2 N–H and O–H groups in total. The lowest BCUT2D eigenvalue weighted by molar-refractivity contribution is -0.121. The van der Waals surface area contributed by atoms with Crippen molar-refractivity contribution in [1.29, 1.82) is 0 Å². The van der Waals surface area contributed by atoms with E-state index >= 15 is 0 Å². The SMILES string of the molecule is O=C(Nc1ccccc1)C(c1ccc(F)cc1)N1CCNCC1. The first-order valence-electron chi connectivity index (χ1n) is 7.80. The normalized spacial score (nSPS) is 16.7. The second-order valence-corrected chi connectivity index (χ2v) is 5.60. The van der Waals surface area contributed by atoms with Crippen LogP contribution in [0, 0.1) is 5.82 Å². The van der Waals surface area contributed by atoms with Gasteiger partial charge in [-0.3, -0.25) is 9.69 Å². The van der Waals surface area contributed by atoms with Crippen LogP contribution in [0.25, 0.3) is 0 Å². The second-order valence-electron chi connectivity index (χ2n) is 5.60.